The molecule has 0 unspecified atom stereocenters. The van der Waals surface area contributed by atoms with Crippen molar-refractivity contribution >= 4 is 11.8 Å². The molecular weight excluding hydrogens is 391 g/mol. The Labute approximate surface area is 161 Å². The zero-order chi connectivity index (χ0) is 19.7. The smallest absolute Gasteiger partial charge is 0.260 e. The fraction of sp³-hybridized carbons (Fsp3) is 0.111. The number of hydrogen-bond donors (Lipinski definition) is 0. The number of nitrogens with zero attached hydrogens (tertiary/aromatic N) is 5. The number of aromatic nitrogens is 5. The summed E-state index contributed by atoms with van der Waals surface area (Å²) in [5.41, 5.74) is 0.364. The molecule has 4 aromatic rings. The Morgan fingerprint density at radius 1 is 1.00 bits per heavy atom. The van der Waals surface area contributed by atoms with E-state index in [1.165, 1.54) is 23.9 Å². The van der Waals surface area contributed by atoms with E-state index in [4.69, 9.17) is 4.52 Å². The van der Waals surface area contributed by atoms with Gasteiger partial charge in [0.25, 0.3) is 5.89 Å². The van der Waals surface area contributed by atoms with Gasteiger partial charge in [-0.05, 0) is 24.3 Å². The molecule has 10 heteroatoms. The Bertz CT molecular complexity index is 1140. The first-order valence-electron chi connectivity index (χ1n) is 8.08. The van der Waals surface area contributed by atoms with Crippen LogP contribution in [0.5, 0.6) is 0 Å². The van der Waals surface area contributed by atoms with E-state index in [1.807, 2.05) is 0 Å². The lowest BCUT2D eigenvalue weighted by Gasteiger charge is -2.03. The highest BCUT2D eigenvalue weighted by molar-refractivity contribution is 7.98. The van der Waals surface area contributed by atoms with Gasteiger partial charge in [-0.25, -0.2) is 13.2 Å². The molecule has 28 heavy (non-hydrogen) atoms. The SMILES string of the molecule is Cn1c(SCc2noc(-c3ccc(F)cc3F)n2)nnc1-c1ccccc1F. The third-order valence-electron chi connectivity index (χ3n) is 3.91. The first-order chi connectivity index (χ1) is 13.5. The zero-order valence-electron chi connectivity index (χ0n) is 14.4. The van der Waals surface area contributed by atoms with Gasteiger partial charge in [0.2, 0.25) is 0 Å². The summed E-state index contributed by atoms with van der Waals surface area (Å²) in [5, 5.41) is 12.4. The van der Waals surface area contributed by atoms with Crippen molar-refractivity contribution in [3.63, 3.8) is 0 Å². The summed E-state index contributed by atoms with van der Waals surface area (Å²) in [6, 6.07) is 9.39. The Morgan fingerprint density at radius 2 is 1.82 bits per heavy atom. The summed E-state index contributed by atoms with van der Waals surface area (Å²) < 4.78 is 47.5. The molecule has 6 nitrogen and oxygen atoms in total. The van der Waals surface area contributed by atoms with Gasteiger partial charge < -0.3 is 9.09 Å². The van der Waals surface area contributed by atoms with Crippen LogP contribution in [0, 0.1) is 17.5 Å². The van der Waals surface area contributed by atoms with E-state index in [2.05, 4.69) is 20.3 Å². The van der Waals surface area contributed by atoms with Crippen LogP contribution in [0.15, 0.2) is 52.1 Å². The molecule has 0 spiro atoms. The van der Waals surface area contributed by atoms with Gasteiger partial charge in [-0.3, -0.25) is 0 Å². The Balaban J connectivity index is 1.50. The van der Waals surface area contributed by atoms with Crippen molar-refractivity contribution in [3.8, 4) is 22.8 Å². The lowest BCUT2D eigenvalue weighted by Crippen LogP contribution is -1.97. The molecule has 2 aromatic heterocycles. The second-order valence-corrected chi connectivity index (χ2v) is 6.72. The average Bonchev–Trinajstić information content (AvgIpc) is 3.27. The predicted octanol–water partition coefficient (Wildman–Crippen LogP) is 4.24. The van der Waals surface area contributed by atoms with Crippen molar-refractivity contribution in [3.05, 3.63) is 65.7 Å². The molecule has 0 amide bonds. The number of hydrogen-bond acceptors (Lipinski definition) is 6. The number of rotatable bonds is 5. The fourth-order valence-electron chi connectivity index (χ4n) is 2.53. The van der Waals surface area contributed by atoms with Gasteiger partial charge in [0, 0.05) is 13.1 Å². The van der Waals surface area contributed by atoms with Gasteiger partial charge in [-0.1, -0.05) is 29.1 Å². The van der Waals surface area contributed by atoms with Crippen molar-refractivity contribution in [1.82, 2.24) is 24.9 Å². The van der Waals surface area contributed by atoms with Crippen molar-refractivity contribution in [2.75, 3.05) is 0 Å². The maximum Gasteiger partial charge on any atom is 0.260 e. The van der Waals surface area contributed by atoms with Crippen LogP contribution < -0.4 is 0 Å². The molecule has 0 saturated carbocycles. The second kappa shape index (κ2) is 7.47. The van der Waals surface area contributed by atoms with Gasteiger partial charge in [0.1, 0.15) is 17.5 Å². The number of benzene rings is 2. The van der Waals surface area contributed by atoms with Crippen molar-refractivity contribution in [2.45, 2.75) is 10.9 Å². The molecule has 0 aliphatic carbocycles. The van der Waals surface area contributed by atoms with Gasteiger partial charge in [0.05, 0.1) is 16.9 Å². The molecule has 142 valence electrons. The van der Waals surface area contributed by atoms with Gasteiger partial charge in [0.15, 0.2) is 16.8 Å². The molecule has 0 atom stereocenters. The summed E-state index contributed by atoms with van der Waals surface area (Å²) in [6.07, 6.45) is 0. The Kier molecular flexibility index (Phi) is 4.86. The van der Waals surface area contributed by atoms with E-state index < -0.39 is 17.5 Å². The van der Waals surface area contributed by atoms with Crippen molar-refractivity contribution in [1.29, 1.82) is 0 Å². The first kappa shape index (κ1) is 18.2. The second-order valence-electron chi connectivity index (χ2n) is 5.77. The van der Waals surface area contributed by atoms with Crippen LogP contribution in [0.3, 0.4) is 0 Å². The van der Waals surface area contributed by atoms with Gasteiger partial charge >= 0.3 is 0 Å². The summed E-state index contributed by atoms with van der Waals surface area (Å²) in [4.78, 5) is 4.12. The van der Waals surface area contributed by atoms with Gasteiger partial charge in [-0.2, -0.15) is 4.98 Å². The van der Waals surface area contributed by atoms with Crippen LogP contribution >= 0.6 is 11.8 Å². The topological polar surface area (TPSA) is 69.6 Å². The molecule has 2 heterocycles. The predicted molar refractivity (Wildman–Crippen MR) is 95.6 cm³/mol. The zero-order valence-corrected chi connectivity index (χ0v) is 15.3. The van der Waals surface area contributed by atoms with E-state index in [0.29, 0.717) is 22.4 Å². The van der Waals surface area contributed by atoms with E-state index >= 15 is 0 Å². The maximum absolute atomic E-state index is 14.0. The van der Waals surface area contributed by atoms with Gasteiger partial charge in [-0.15, -0.1) is 10.2 Å². The number of halogens is 3. The molecule has 0 saturated heterocycles. The lowest BCUT2D eigenvalue weighted by atomic mass is 10.2. The molecule has 0 radical (unpaired) electrons. The average molecular weight is 403 g/mol. The van der Waals surface area contributed by atoms with Crippen LogP contribution in [0.2, 0.25) is 0 Å². The normalized spacial score (nSPS) is 11.1. The highest BCUT2D eigenvalue weighted by atomic mass is 32.2. The minimum Gasteiger partial charge on any atom is -0.334 e. The van der Waals surface area contributed by atoms with E-state index in [0.717, 1.165) is 12.1 Å². The molecule has 0 bridgehead atoms. The highest BCUT2D eigenvalue weighted by Gasteiger charge is 2.17. The monoisotopic (exact) mass is 403 g/mol. The fourth-order valence-corrected chi connectivity index (χ4v) is 3.29. The molecule has 0 aliphatic rings. The van der Waals surface area contributed by atoms with E-state index in [1.54, 1.807) is 29.8 Å². The molecule has 4 rings (SSSR count). The van der Waals surface area contributed by atoms with Crippen molar-refractivity contribution < 1.29 is 17.7 Å². The third-order valence-corrected chi connectivity index (χ3v) is 4.93. The van der Waals surface area contributed by atoms with Crippen LogP contribution in [0.4, 0.5) is 13.2 Å². The van der Waals surface area contributed by atoms with Crippen LogP contribution in [-0.4, -0.2) is 24.9 Å². The van der Waals surface area contributed by atoms with Crippen LogP contribution in [-0.2, 0) is 12.8 Å². The standard InChI is InChI=1S/C18H12F3N5OS/c1-26-16(11-4-2-3-5-13(11)20)23-24-18(26)28-9-15-22-17(27-25-15)12-7-6-10(19)8-14(12)21/h2-8H,9H2,1H3. The quantitative estimate of drug-likeness (QED) is 0.464. The molecule has 0 fully saturated rings. The molecule has 0 aliphatic heterocycles. The minimum absolute atomic E-state index is 0.0191. The summed E-state index contributed by atoms with van der Waals surface area (Å²) in [6.45, 7) is 0. The van der Waals surface area contributed by atoms with Crippen LogP contribution in [0.25, 0.3) is 22.8 Å². The van der Waals surface area contributed by atoms with Crippen LogP contribution in [0.1, 0.15) is 5.82 Å². The minimum atomic E-state index is -0.786. The summed E-state index contributed by atoms with van der Waals surface area (Å²) in [5.74, 6) is -0.941. The Hall–Kier alpha value is -3.14. The van der Waals surface area contributed by atoms with Crippen molar-refractivity contribution in [2.24, 2.45) is 7.05 Å². The summed E-state index contributed by atoms with van der Waals surface area (Å²) >= 11 is 1.26. The lowest BCUT2D eigenvalue weighted by molar-refractivity contribution is 0.422. The maximum atomic E-state index is 14.0. The Morgan fingerprint density at radius 3 is 2.61 bits per heavy atom. The highest BCUT2D eigenvalue weighted by Crippen LogP contribution is 2.27. The third kappa shape index (κ3) is 3.50. The van der Waals surface area contributed by atoms with E-state index in [-0.39, 0.29) is 17.2 Å². The first-order valence-corrected chi connectivity index (χ1v) is 9.06. The molecule has 2 aromatic carbocycles. The number of thioether (sulfide) groups is 1. The summed E-state index contributed by atoms with van der Waals surface area (Å²) in [7, 11) is 1.72. The van der Waals surface area contributed by atoms with E-state index in [9.17, 15) is 13.2 Å². The molecular formula is C18H12F3N5OS. The largest absolute Gasteiger partial charge is 0.334 e. The molecule has 0 N–H and O–H groups in total.